The fraction of sp³-hybridized carbons (Fsp3) is 0.444. The SMILES string of the molecule is CCOCc1nc(N2CCOCC2)sc1C(=O)NCc1ccccc1. The Morgan fingerprint density at radius 2 is 2.08 bits per heavy atom. The van der Waals surface area contributed by atoms with E-state index in [9.17, 15) is 4.79 Å². The smallest absolute Gasteiger partial charge is 0.263 e. The van der Waals surface area contributed by atoms with Crippen molar-refractivity contribution in [1.29, 1.82) is 0 Å². The number of ether oxygens (including phenoxy) is 2. The monoisotopic (exact) mass is 361 g/mol. The van der Waals surface area contributed by atoms with Crippen molar-refractivity contribution < 1.29 is 14.3 Å². The third-order valence-electron chi connectivity index (χ3n) is 3.91. The zero-order chi connectivity index (χ0) is 17.5. The summed E-state index contributed by atoms with van der Waals surface area (Å²) in [6.07, 6.45) is 0. The van der Waals surface area contributed by atoms with Crippen LogP contribution in [0.2, 0.25) is 0 Å². The summed E-state index contributed by atoms with van der Waals surface area (Å²) >= 11 is 1.43. The first-order chi connectivity index (χ1) is 12.3. The number of nitrogens with one attached hydrogen (secondary N) is 1. The summed E-state index contributed by atoms with van der Waals surface area (Å²) in [7, 11) is 0. The Balaban J connectivity index is 1.72. The van der Waals surface area contributed by atoms with E-state index in [2.05, 4.69) is 15.2 Å². The Morgan fingerprint density at radius 1 is 1.32 bits per heavy atom. The molecule has 0 aliphatic carbocycles. The number of nitrogens with zero attached hydrogens (tertiary/aromatic N) is 2. The van der Waals surface area contributed by atoms with E-state index in [0.29, 0.717) is 43.5 Å². The van der Waals surface area contributed by atoms with E-state index in [-0.39, 0.29) is 5.91 Å². The number of aromatic nitrogens is 1. The van der Waals surface area contributed by atoms with E-state index >= 15 is 0 Å². The summed E-state index contributed by atoms with van der Waals surface area (Å²) in [6, 6.07) is 9.88. The lowest BCUT2D eigenvalue weighted by molar-refractivity contribution is 0.0944. The highest BCUT2D eigenvalue weighted by Crippen LogP contribution is 2.27. The average Bonchev–Trinajstić information content (AvgIpc) is 3.10. The lowest BCUT2D eigenvalue weighted by atomic mass is 10.2. The van der Waals surface area contributed by atoms with E-state index in [1.165, 1.54) is 11.3 Å². The van der Waals surface area contributed by atoms with E-state index in [0.717, 1.165) is 23.8 Å². The highest BCUT2D eigenvalue weighted by Gasteiger charge is 2.22. The average molecular weight is 361 g/mol. The number of thiazole rings is 1. The number of morpholine rings is 1. The van der Waals surface area contributed by atoms with Crippen LogP contribution in [0.4, 0.5) is 5.13 Å². The second-order valence-electron chi connectivity index (χ2n) is 5.68. The van der Waals surface area contributed by atoms with E-state index in [1.807, 2.05) is 37.3 Å². The first kappa shape index (κ1) is 17.8. The van der Waals surface area contributed by atoms with Gasteiger partial charge in [0.1, 0.15) is 4.88 Å². The highest BCUT2D eigenvalue weighted by molar-refractivity contribution is 7.17. The molecule has 25 heavy (non-hydrogen) atoms. The quantitative estimate of drug-likeness (QED) is 0.821. The van der Waals surface area contributed by atoms with Crippen LogP contribution in [-0.2, 0) is 22.6 Å². The Hall–Kier alpha value is -1.96. The lowest BCUT2D eigenvalue weighted by Crippen LogP contribution is -2.36. The van der Waals surface area contributed by atoms with Crippen LogP contribution in [-0.4, -0.2) is 43.8 Å². The molecule has 0 unspecified atom stereocenters. The van der Waals surface area contributed by atoms with Crippen LogP contribution in [0.25, 0.3) is 0 Å². The zero-order valence-electron chi connectivity index (χ0n) is 14.4. The molecular formula is C18H23N3O3S. The molecule has 1 N–H and O–H groups in total. The first-order valence-electron chi connectivity index (χ1n) is 8.50. The third-order valence-corrected chi connectivity index (χ3v) is 5.07. The van der Waals surface area contributed by atoms with Crippen LogP contribution < -0.4 is 10.2 Å². The summed E-state index contributed by atoms with van der Waals surface area (Å²) in [5, 5.41) is 3.84. The molecule has 0 atom stereocenters. The molecule has 2 aromatic rings. The molecular weight excluding hydrogens is 338 g/mol. The van der Waals surface area contributed by atoms with Gasteiger partial charge in [0.2, 0.25) is 0 Å². The molecule has 0 spiro atoms. The molecule has 3 rings (SSSR count). The number of anilines is 1. The topological polar surface area (TPSA) is 63.7 Å². The fourth-order valence-electron chi connectivity index (χ4n) is 2.56. The summed E-state index contributed by atoms with van der Waals surface area (Å²) < 4.78 is 10.9. The van der Waals surface area contributed by atoms with Crippen LogP contribution in [0, 0.1) is 0 Å². The maximum absolute atomic E-state index is 12.7. The van der Waals surface area contributed by atoms with Gasteiger partial charge in [-0.25, -0.2) is 4.98 Å². The van der Waals surface area contributed by atoms with Gasteiger partial charge in [0.05, 0.1) is 25.5 Å². The van der Waals surface area contributed by atoms with E-state index in [1.54, 1.807) is 0 Å². The number of rotatable bonds is 7. The van der Waals surface area contributed by atoms with Gasteiger partial charge in [-0.2, -0.15) is 0 Å². The molecule has 2 heterocycles. The highest BCUT2D eigenvalue weighted by atomic mass is 32.1. The van der Waals surface area contributed by atoms with Gasteiger partial charge in [-0.3, -0.25) is 4.79 Å². The number of hydrogen-bond donors (Lipinski definition) is 1. The predicted molar refractivity (Wildman–Crippen MR) is 98.1 cm³/mol. The minimum absolute atomic E-state index is 0.101. The molecule has 7 heteroatoms. The molecule has 0 bridgehead atoms. The van der Waals surface area contributed by atoms with Crippen molar-refractivity contribution in [2.24, 2.45) is 0 Å². The lowest BCUT2D eigenvalue weighted by Gasteiger charge is -2.26. The van der Waals surface area contributed by atoms with Gasteiger partial charge in [0.15, 0.2) is 5.13 Å². The maximum atomic E-state index is 12.7. The van der Waals surface area contributed by atoms with Crippen molar-refractivity contribution >= 4 is 22.4 Å². The molecule has 0 saturated carbocycles. The van der Waals surface area contributed by atoms with Gasteiger partial charge in [0, 0.05) is 26.2 Å². The van der Waals surface area contributed by atoms with Crippen LogP contribution >= 0.6 is 11.3 Å². The van der Waals surface area contributed by atoms with Crippen LogP contribution in [0.15, 0.2) is 30.3 Å². The predicted octanol–water partition coefficient (Wildman–Crippen LogP) is 2.45. The molecule has 1 saturated heterocycles. The third kappa shape index (κ3) is 4.78. The normalized spacial score (nSPS) is 14.5. The molecule has 1 aromatic carbocycles. The number of amides is 1. The number of benzene rings is 1. The maximum Gasteiger partial charge on any atom is 0.263 e. The van der Waals surface area contributed by atoms with Crippen LogP contribution in [0.1, 0.15) is 27.9 Å². The Morgan fingerprint density at radius 3 is 2.80 bits per heavy atom. The van der Waals surface area contributed by atoms with Gasteiger partial charge in [-0.1, -0.05) is 41.7 Å². The van der Waals surface area contributed by atoms with Crippen LogP contribution in [0.5, 0.6) is 0 Å². The number of carbonyl (C=O) groups excluding carboxylic acids is 1. The molecule has 1 aliphatic rings. The van der Waals surface area contributed by atoms with Gasteiger partial charge < -0.3 is 19.7 Å². The van der Waals surface area contributed by atoms with Crippen LogP contribution in [0.3, 0.4) is 0 Å². The molecule has 1 aromatic heterocycles. The van der Waals surface area contributed by atoms with E-state index in [4.69, 9.17) is 9.47 Å². The molecule has 1 amide bonds. The van der Waals surface area contributed by atoms with E-state index < -0.39 is 0 Å². The number of hydrogen-bond acceptors (Lipinski definition) is 6. The number of carbonyl (C=O) groups is 1. The Labute approximate surface area is 151 Å². The minimum atomic E-state index is -0.101. The second-order valence-corrected chi connectivity index (χ2v) is 6.65. The molecule has 134 valence electrons. The Kier molecular flexibility index (Phi) is 6.38. The second kappa shape index (κ2) is 8.94. The first-order valence-corrected chi connectivity index (χ1v) is 9.32. The standard InChI is InChI=1S/C18H23N3O3S/c1-2-23-13-15-16(17(22)19-12-14-6-4-3-5-7-14)25-18(20-15)21-8-10-24-11-9-21/h3-7H,2,8-13H2,1H3,(H,19,22). The van der Waals surface area contributed by atoms with Crippen molar-refractivity contribution in [3.05, 3.63) is 46.5 Å². The van der Waals surface area contributed by atoms with Crippen molar-refractivity contribution in [3.8, 4) is 0 Å². The Bertz CT molecular complexity index is 684. The van der Waals surface area contributed by atoms with Crippen molar-refractivity contribution in [3.63, 3.8) is 0 Å². The zero-order valence-corrected chi connectivity index (χ0v) is 15.2. The molecule has 6 nitrogen and oxygen atoms in total. The van der Waals surface area contributed by atoms with Crippen molar-refractivity contribution in [2.75, 3.05) is 37.8 Å². The molecule has 1 aliphatic heterocycles. The fourth-order valence-corrected chi connectivity index (χ4v) is 3.60. The van der Waals surface area contributed by atoms with Gasteiger partial charge in [0.25, 0.3) is 5.91 Å². The summed E-state index contributed by atoms with van der Waals surface area (Å²) in [5.41, 5.74) is 1.78. The van der Waals surface area contributed by atoms with Gasteiger partial charge in [-0.15, -0.1) is 0 Å². The van der Waals surface area contributed by atoms with Gasteiger partial charge >= 0.3 is 0 Å². The molecule has 0 radical (unpaired) electrons. The molecule has 1 fully saturated rings. The summed E-state index contributed by atoms with van der Waals surface area (Å²) in [6.45, 7) is 6.36. The van der Waals surface area contributed by atoms with Gasteiger partial charge in [-0.05, 0) is 12.5 Å². The summed E-state index contributed by atoms with van der Waals surface area (Å²) in [5.74, 6) is -0.101. The van der Waals surface area contributed by atoms with Crippen molar-refractivity contribution in [1.82, 2.24) is 10.3 Å². The summed E-state index contributed by atoms with van der Waals surface area (Å²) in [4.78, 5) is 20.1. The van der Waals surface area contributed by atoms with Crippen molar-refractivity contribution in [2.45, 2.75) is 20.1 Å². The largest absolute Gasteiger partial charge is 0.378 e. The minimum Gasteiger partial charge on any atom is -0.378 e.